The summed E-state index contributed by atoms with van der Waals surface area (Å²) >= 11 is 0. The molecular weight excluding hydrogens is 202 g/mol. The van der Waals surface area contributed by atoms with Crippen molar-refractivity contribution in [3.05, 3.63) is 0 Å². The van der Waals surface area contributed by atoms with Gasteiger partial charge in [0.1, 0.15) is 0 Å². The minimum absolute atomic E-state index is 0.0352. The number of amides is 1. The number of carbonyl (C=O) groups excluding carboxylic acids is 1. The molecule has 0 aliphatic heterocycles. The van der Waals surface area contributed by atoms with Crippen LogP contribution in [0.5, 0.6) is 0 Å². The van der Waals surface area contributed by atoms with E-state index in [1.165, 1.54) is 0 Å². The molecule has 0 radical (unpaired) electrons. The van der Waals surface area contributed by atoms with Gasteiger partial charge in [-0.05, 0) is 33.9 Å². The van der Waals surface area contributed by atoms with E-state index in [4.69, 9.17) is 5.73 Å². The molecule has 1 amide bonds. The fourth-order valence-corrected chi connectivity index (χ4v) is 1.49. The van der Waals surface area contributed by atoms with E-state index in [1.807, 2.05) is 27.9 Å². The van der Waals surface area contributed by atoms with Gasteiger partial charge < -0.3 is 16.0 Å². The van der Waals surface area contributed by atoms with Crippen LogP contribution >= 0.6 is 0 Å². The van der Waals surface area contributed by atoms with Crippen LogP contribution in [0.25, 0.3) is 0 Å². The van der Waals surface area contributed by atoms with Gasteiger partial charge in [-0.2, -0.15) is 0 Å². The third-order valence-corrected chi connectivity index (χ3v) is 2.33. The summed E-state index contributed by atoms with van der Waals surface area (Å²) in [6.07, 6.45) is 0.365. The molecule has 1 unspecified atom stereocenters. The fraction of sp³-hybridized carbons (Fsp3) is 0.917. The zero-order valence-corrected chi connectivity index (χ0v) is 11.5. The van der Waals surface area contributed by atoms with E-state index in [9.17, 15) is 4.79 Å². The number of likely N-dealkylation sites (N-methyl/N-ethyl adjacent to an activating group) is 1. The van der Waals surface area contributed by atoms with Gasteiger partial charge >= 0.3 is 0 Å². The Morgan fingerprint density at radius 3 is 2.19 bits per heavy atom. The number of carbonyl (C=O) groups is 1. The summed E-state index contributed by atoms with van der Waals surface area (Å²) in [7, 11) is 4.02. The highest BCUT2D eigenvalue weighted by Gasteiger charge is 2.21. The Balaban J connectivity index is 4.24. The Bertz CT molecular complexity index is 219. The predicted octanol–water partition coefficient (Wildman–Crippen LogP) is 0.816. The van der Waals surface area contributed by atoms with Crippen molar-refractivity contribution >= 4 is 5.91 Å². The summed E-state index contributed by atoms with van der Waals surface area (Å²) in [6.45, 7) is 8.81. The van der Waals surface area contributed by atoms with Crippen LogP contribution in [0.2, 0.25) is 0 Å². The standard InChI is InChI=1S/C12H27N3O/c1-9(2)10(8-15(5)6)14-11(16)7-12(3,4)13/h9-10H,7-8,13H2,1-6H3,(H,14,16). The first-order valence-corrected chi connectivity index (χ1v) is 5.85. The molecule has 0 saturated heterocycles. The zero-order valence-electron chi connectivity index (χ0n) is 11.5. The van der Waals surface area contributed by atoms with Gasteiger partial charge in [0.05, 0.1) is 0 Å². The molecule has 16 heavy (non-hydrogen) atoms. The average Bonchev–Trinajstić information content (AvgIpc) is 1.97. The lowest BCUT2D eigenvalue weighted by Gasteiger charge is -2.27. The quantitative estimate of drug-likeness (QED) is 0.709. The van der Waals surface area contributed by atoms with Crippen molar-refractivity contribution in [3.63, 3.8) is 0 Å². The van der Waals surface area contributed by atoms with Crippen LogP contribution in [-0.2, 0) is 4.79 Å². The van der Waals surface area contributed by atoms with Crippen LogP contribution in [0.3, 0.4) is 0 Å². The maximum atomic E-state index is 11.7. The second kappa shape index (κ2) is 6.21. The Morgan fingerprint density at radius 1 is 1.38 bits per heavy atom. The third-order valence-electron chi connectivity index (χ3n) is 2.33. The van der Waals surface area contributed by atoms with Crippen LogP contribution in [-0.4, -0.2) is 43.0 Å². The van der Waals surface area contributed by atoms with Gasteiger partial charge in [0.15, 0.2) is 0 Å². The van der Waals surface area contributed by atoms with E-state index < -0.39 is 5.54 Å². The number of nitrogens with two attached hydrogens (primary N) is 1. The largest absolute Gasteiger partial charge is 0.352 e. The third kappa shape index (κ3) is 7.65. The average molecular weight is 229 g/mol. The van der Waals surface area contributed by atoms with E-state index >= 15 is 0 Å². The van der Waals surface area contributed by atoms with Gasteiger partial charge in [-0.1, -0.05) is 13.8 Å². The molecule has 0 spiro atoms. The first kappa shape index (κ1) is 15.4. The molecule has 0 rings (SSSR count). The maximum absolute atomic E-state index is 11.7. The first-order valence-electron chi connectivity index (χ1n) is 5.85. The predicted molar refractivity (Wildman–Crippen MR) is 68.2 cm³/mol. The maximum Gasteiger partial charge on any atom is 0.222 e. The molecule has 3 N–H and O–H groups in total. The van der Waals surface area contributed by atoms with E-state index in [2.05, 4.69) is 24.1 Å². The normalized spacial score (nSPS) is 14.3. The van der Waals surface area contributed by atoms with Crippen molar-refractivity contribution in [2.75, 3.05) is 20.6 Å². The van der Waals surface area contributed by atoms with Gasteiger partial charge in [-0.25, -0.2) is 0 Å². The van der Waals surface area contributed by atoms with Crippen LogP contribution in [0.15, 0.2) is 0 Å². The fourth-order valence-electron chi connectivity index (χ4n) is 1.49. The molecular formula is C12H27N3O. The van der Waals surface area contributed by atoms with Crippen LogP contribution in [0.1, 0.15) is 34.1 Å². The zero-order chi connectivity index (χ0) is 12.9. The first-order chi connectivity index (χ1) is 7.11. The van der Waals surface area contributed by atoms with Crippen LogP contribution in [0, 0.1) is 5.92 Å². The Hall–Kier alpha value is -0.610. The minimum Gasteiger partial charge on any atom is -0.352 e. The number of hydrogen-bond acceptors (Lipinski definition) is 3. The molecule has 0 bridgehead atoms. The van der Waals surface area contributed by atoms with Crippen LogP contribution < -0.4 is 11.1 Å². The second-order valence-corrected chi connectivity index (χ2v) is 5.85. The number of rotatable bonds is 6. The molecule has 0 aliphatic rings. The molecule has 0 saturated carbocycles. The number of nitrogens with one attached hydrogen (secondary N) is 1. The monoisotopic (exact) mass is 229 g/mol. The lowest BCUT2D eigenvalue weighted by molar-refractivity contribution is -0.123. The SMILES string of the molecule is CC(C)C(CN(C)C)NC(=O)CC(C)(C)N. The summed E-state index contributed by atoms with van der Waals surface area (Å²) in [5, 5.41) is 3.04. The Kier molecular flexibility index (Phi) is 5.97. The highest BCUT2D eigenvalue weighted by molar-refractivity contribution is 5.77. The number of hydrogen-bond donors (Lipinski definition) is 2. The van der Waals surface area contributed by atoms with Gasteiger partial charge in [0.25, 0.3) is 0 Å². The molecule has 0 aromatic rings. The lowest BCUT2D eigenvalue weighted by atomic mass is 10.00. The molecule has 0 fully saturated rings. The van der Waals surface area contributed by atoms with Gasteiger partial charge in [0, 0.05) is 24.5 Å². The molecule has 1 atom stereocenters. The van der Waals surface area contributed by atoms with E-state index in [-0.39, 0.29) is 11.9 Å². The molecule has 4 heteroatoms. The lowest BCUT2D eigenvalue weighted by Crippen LogP contribution is -2.48. The van der Waals surface area contributed by atoms with Crippen molar-refractivity contribution in [3.8, 4) is 0 Å². The van der Waals surface area contributed by atoms with Crippen LogP contribution in [0.4, 0.5) is 0 Å². The molecule has 0 aliphatic carbocycles. The van der Waals surface area contributed by atoms with Crippen molar-refractivity contribution < 1.29 is 4.79 Å². The van der Waals surface area contributed by atoms with Gasteiger partial charge in [-0.15, -0.1) is 0 Å². The summed E-state index contributed by atoms with van der Waals surface area (Å²) in [4.78, 5) is 13.8. The summed E-state index contributed by atoms with van der Waals surface area (Å²) in [5.41, 5.74) is 5.38. The molecule has 0 aromatic heterocycles. The minimum atomic E-state index is -0.441. The molecule has 0 heterocycles. The van der Waals surface area contributed by atoms with Gasteiger partial charge in [-0.3, -0.25) is 4.79 Å². The van der Waals surface area contributed by atoms with E-state index in [1.54, 1.807) is 0 Å². The van der Waals surface area contributed by atoms with Crippen molar-refractivity contribution in [2.45, 2.75) is 45.7 Å². The molecule has 96 valence electrons. The summed E-state index contributed by atoms with van der Waals surface area (Å²) in [5.74, 6) is 0.459. The van der Waals surface area contributed by atoms with E-state index in [0.29, 0.717) is 12.3 Å². The highest BCUT2D eigenvalue weighted by atomic mass is 16.1. The summed E-state index contributed by atoms with van der Waals surface area (Å²) in [6, 6.07) is 0.185. The number of nitrogens with zero attached hydrogens (tertiary/aromatic N) is 1. The Labute approximate surface area is 99.6 Å². The molecule has 4 nitrogen and oxygen atoms in total. The summed E-state index contributed by atoms with van der Waals surface area (Å²) < 4.78 is 0. The topological polar surface area (TPSA) is 58.4 Å². The second-order valence-electron chi connectivity index (χ2n) is 5.85. The molecule has 0 aromatic carbocycles. The highest BCUT2D eigenvalue weighted by Crippen LogP contribution is 2.07. The smallest absolute Gasteiger partial charge is 0.222 e. The van der Waals surface area contributed by atoms with Crippen molar-refractivity contribution in [1.29, 1.82) is 0 Å². The van der Waals surface area contributed by atoms with Crippen molar-refractivity contribution in [1.82, 2.24) is 10.2 Å². The van der Waals surface area contributed by atoms with Crippen molar-refractivity contribution in [2.24, 2.45) is 11.7 Å². The Morgan fingerprint density at radius 2 is 1.88 bits per heavy atom. The van der Waals surface area contributed by atoms with E-state index in [0.717, 1.165) is 6.54 Å². The van der Waals surface area contributed by atoms with Gasteiger partial charge in [0.2, 0.25) is 5.91 Å².